The van der Waals surface area contributed by atoms with Crippen LogP contribution in [0.3, 0.4) is 0 Å². The van der Waals surface area contributed by atoms with E-state index in [1.807, 2.05) is 12.1 Å². The van der Waals surface area contributed by atoms with E-state index in [4.69, 9.17) is 14.2 Å². The van der Waals surface area contributed by atoms with Crippen molar-refractivity contribution < 1.29 is 24.1 Å². The van der Waals surface area contributed by atoms with Crippen molar-refractivity contribution in [1.29, 1.82) is 0 Å². The van der Waals surface area contributed by atoms with Gasteiger partial charge < -0.3 is 19.3 Å². The number of carbonyl (C=O) groups excluding carboxylic acids is 1. The third-order valence-electron chi connectivity index (χ3n) is 4.05. The molecule has 0 amide bonds. The van der Waals surface area contributed by atoms with Gasteiger partial charge in [-0.05, 0) is 23.8 Å². The van der Waals surface area contributed by atoms with E-state index in [9.17, 15) is 9.90 Å². The van der Waals surface area contributed by atoms with Gasteiger partial charge in [0.1, 0.15) is 11.5 Å². The molecule has 5 heteroatoms. The maximum absolute atomic E-state index is 12.4. The highest BCUT2D eigenvalue weighted by atomic mass is 16.6. The Hall–Kier alpha value is -2.79. The second-order valence-corrected chi connectivity index (χ2v) is 5.43. The highest BCUT2D eigenvalue weighted by Crippen LogP contribution is 2.37. The lowest BCUT2D eigenvalue weighted by molar-refractivity contribution is -0.172. The molecule has 1 aliphatic heterocycles. The lowest BCUT2D eigenvalue weighted by Crippen LogP contribution is -2.49. The molecule has 3 rings (SSSR count). The number of hydrogen-bond donors (Lipinski definition) is 1. The second-order valence-electron chi connectivity index (χ2n) is 5.43. The van der Waals surface area contributed by atoms with Crippen molar-refractivity contribution >= 4 is 12.0 Å². The standard InChI is InChI=1S/C19H18O5/c1-22-15-10-8-13-9-11-17(24-16(13)12-15)19(21,18(20)23-2)14-6-4-3-5-7-14/h3-12,17,21H,1-2H3. The minimum atomic E-state index is -1.95. The van der Waals surface area contributed by atoms with Gasteiger partial charge in [0.2, 0.25) is 5.60 Å². The number of methoxy groups -OCH3 is 2. The summed E-state index contributed by atoms with van der Waals surface area (Å²) in [5.74, 6) is 0.374. The van der Waals surface area contributed by atoms with Crippen molar-refractivity contribution in [2.24, 2.45) is 0 Å². The van der Waals surface area contributed by atoms with Gasteiger partial charge in [-0.3, -0.25) is 0 Å². The largest absolute Gasteiger partial charge is 0.497 e. The Morgan fingerprint density at radius 3 is 2.58 bits per heavy atom. The zero-order chi connectivity index (χ0) is 17.2. The van der Waals surface area contributed by atoms with E-state index in [2.05, 4.69) is 0 Å². The third kappa shape index (κ3) is 2.63. The van der Waals surface area contributed by atoms with Crippen LogP contribution in [0.25, 0.3) is 6.08 Å². The quantitative estimate of drug-likeness (QED) is 0.875. The van der Waals surface area contributed by atoms with Crippen LogP contribution >= 0.6 is 0 Å². The summed E-state index contributed by atoms with van der Waals surface area (Å²) in [6.45, 7) is 0. The molecule has 24 heavy (non-hydrogen) atoms. The average Bonchev–Trinajstić information content (AvgIpc) is 2.66. The Balaban J connectivity index is 2.03. The van der Waals surface area contributed by atoms with Gasteiger partial charge in [0.05, 0.1) is 14.2 Å². The molecule has 124 valence electrons. The average molecular weight is 326 g/mol. The van der Waals surface area contributed by atoms with Crippen molar-refractivity contribution in [2.45, 2.75) is 11.7 Å². The Morgan fingerprint density at radius 1 is 1.17 bits per heavy atom. The molecule has 0 fully saturated rings. The smallest absolute Gasteiger partial charge is 0.346 e. The van der Waals surface area contributed by atoms with E-state index in [1.165, 1.54) is 7.11 Å². The lowest BCUT2D eigenvalue weighted by Gasteiger charge is -2.34. The number of aliphatic hydroxyl groups is 1. The predicted octanol–water partition coefficient (Wildman–Crippen LogP) is 2.53. The SMILES string of the molecule is COC(=O)C(O)(c1ccccc1)C1C=Cc2ccc(OC)cc2O1. The first-order valence-corrected chi connectivity index (χ1v) is 7.49. The summed E-state index contributed by atoms with van der Waals surface area (Å²) in [5.41, 5.74) is -0.710. The van der Waals surface area contributed by atoms with Gasteiger partial charge in [-0.2, -0.15) is 0 Å². The number of carbonyl (C=O) groups is 1. The molecular formula is C19H18O5. The van der Waals surface area contributed by atoms with Crippen molar-refractivity contribution in [3.8, 4) is 11.5 Å². The van der Waals surface area contributed by atoms with Crippen LogP contribution in [0.15, 0.2) is 54.6 Å². The summed E-state index contributed by atoms with van der Waals surface area (Å²) in [4.78, 5) is 12.4. The summed E-state index contributed by atoms with van der Waals surface area (Å²) in [7, 11) is 2.80. The summed E-state index contributed by atoms with van der Waals surface area (Å²) >= 11 is 0. The topological polar surface area (TPSA) is 65.0 Å². The van der Waals surface area contributed by atoms with Crippen LogP contribution in [-0.4, -0.2) is 31.4 Å². The van der Waals surface area contributed by atoms with Crippen molar-refractivity contribution in [1.82, 2.24) is 0 Å². The maximum atomic E-state index is 12.4. The molecule has 0 saturated carbocycles. The van der Waals surface area contributed by atoms with Crippen molar-refractivity contribution in [2.75, 3.05) is 14.2 Å². The molecule has 0 bridgehead atoms. The van der Waals surface area contributed by atoms with Gasteiger partial charge in [0.25, 0.3) is 0 Å². The van der Waals surface area contributed by atoms with Crippen LogP contribution in [0, 0.1) is 0 Å². The highest BCUT2D eigenvalue weighted by Gasteiger charge is 2.48. The fourth-order valence-electron chi connectivity index (χ4n) is 2.72. The fraction of sp³-hybridized carbons (Fsp3) is 0.211. The monoisotopic (exact) mass is 326 g/mol. The molecule has 0 aliphatic carbocycles. The maximum Gasteiger partial charge on any atom is 0.346 e. The van der Waals surface area contributed by atoms with E-state index in [0.29, 0.717) is 17.1 Å². The molecule has 1 aliphatic rings. The first kappa shape index (κ1) is 16.1. The van der Waals surface area contributed by atoms with Crippen molar-refractivity contribution in [3.05, 3.63) is 65.7 Å². The first-order chi connectivity index (χ1) is 11.6. The predicted molar refractivity (Wildman–Crippen MR) is 88.8 cm³/mol. The molecule has 2 unspecified atom stereocenters. The number of benzene rings is 2. The third-order valence-corrected chi connectivity index (χ3v) is 4.05. The van der Waals surface area contributed by atoms with Crippen LogP contribution < -0.4 is 9.47 Å². The molecule has 0 saturated heterocycles. The number of hydrogen-bond acceptors (Lipinski definition) is 5. The zero-order valence-electron chi connectivity index (χ0n) is 13.4. The van der Waals surface area contributed by atoms with Gasteiger partial charge in [0.15, 0.2) is 6.10 Å². The molecule has 0 aromatic heterocycles. The molecule has 1 heterocycles. The lowest BCUT2D eigenvalue weighted by atomic mass is 9.86. The first-order valence-electron chi connectivity index (χ1n) is 7.49. The van der Waals surface area contributed by atoms with Crippen LogP contribution in [-0.2, 0) is 15.1 Å². The van der Waals surface area contributed by atoms with Crippen LogP contribution in [0.2, 0.25) is 0 Å². The molecule has 0 radical (unpaired) electrons. The van der Waals surface area contributed by atoms with E-state index in [0.717, 1.165) is 5.56 Å². The molecular weight excluding hydrogens is 308 g/mol. The van der Waals surface area contributed by atoms with Gasteiger partial charge in [0, 0.05) is 11.6 Å². The van der Waals surface area contributed by atoms with Crippen molar-refractivity contribution in [3.63, 3.8) is 0 Å². The number of esters is 1. The number of fused-ring (bicyclic) bond motifs is 1. The Labute approximate surface area is 140 Å². The molecule has 2 aromatic rings. The summed E-state index contributed by atoms with van der Waals surface area (Å²) < 4.78 is 15.9. The number of rotatable bonds is 4. The van der Waals surface area contributed by atoms with Gasteiger partial charge >= 0.3 is 5.97 Å². The van der Waals surface area contributed by atoms with Gasteiger partial charge in [-0.1, -0.05) is 36.4 Å². The second kappa shape index (κ2) is 6.37. The summed E-state index contributed by atoms with van der Waals surface area (Å²) in [6, 6.07) is 14.0. The molecule has 0 spiro atoms. The minimum Gasteiger partial charge on any atom is -0.497 e. The van der Waals surface area contributed by atoms with Gasteiger partial charge in [-0.25, -0.2) is 4.79 Å². The molecule has 5 nitrogen and oxygen atoms in total. The molecule has 2 atom stereocenters. The normalized spacial score (nSPS) is 18.0. The Kier molecular flexibility index (Phi) is 4.27. The van der Waals surface area contributed by atoms with E-state index in [-0.39, 0.29) is 0 Å². The number of ether oxygens (including phenoxy) is 3. The van der Waals surface area contributed by atoms with Crippen LogP contribution in [0.5, 0.6) is 11.5 Å². The van der Waals surface area contributed by atoms with Crippen LogP contribution in [0.1, 0.15) is 11.1 Å². The Bertz CT molecular complexity index is 769. The Morgan fingerprint density at radius 2 is 1.92 bits per heavy atom. The van der Waals surface area contributed by atoms with E-state index >= 15 is 0 Å². The van der Waals surface area contributed by atoms with E-state index in [1.54, 1.807) is 55.7 Å². The van der Waals surface area contributed by atoms with Gasteiger partial charge in [-0.15, -0.1) is 0 Å². The summed E-state index contributed by atoms with van der Waals surface area (Å²) in [6.07, 6.45) is 2.53. The zero-order valence-corrected chi connectivity index (χ0v) is 13.4. The highest BCUT2D eigenvalue weighted by molar-refractivity contribution is 5.83. The molecule has 2 aromatic carbocycles. The van der Waals surface area contributed by atoms with Crippen LogP contribution in [0.4, 0.5) is 0 Å². The summed E-state index contributed by atoms with van der Waals surface area (Å²) in [5, 5.41) is 11.1. The minimum absolute atomic E-state index is 0.401. The van der Waals surface area contributed by atoms with E-state index < -0.39 is 17.7 Å². The fourth-order valence-corrected chi connectivity index (χ4v) is 2.72. The molecule has 1 N–H and O–H groups in total.